The Hall–Kier alpha value is 0.460. The summed E-state index contributed by atoms with van der Waals surface area (Å²) in [5, 5.41) is 0. The molecule has 0 aromatic rings. The summed E-state index contributed by atoms with van der Waals surface area (Å²) in [6, 6.07) is 0. The largest absolute Gasteiger partial charge is 0.470 e. The Morgan fingerprint density at radius 1 is 1.75 bits per heavy atom. The van der Waals surface area contributed by atoms with Gasteiger partial charge in [-0.05, 0) is 6.92 Å². The average molecular weight is 158 g/mol. The van der Waals surface area contributed by atoms with Gasteiger partial charge >= 0.3 is 7.82 Å². The van der Waals surface area contributed by atoms with E-state index in [1.54, 1.807) is 0 Å². The summed E-state index contributed by atoms with van der Waals surface area (Å²) >= 11 is 3.58. The fourth-order valence-corrected chi connectivity index (χ4v) is 0.965. The molecule has 0 heterocycles. The van der Waals surface area contributed by atoms with E-state index in [9.17, 15) is 4.57 Å². The molecule has 0 bridgehead atoms. The second-order valence-electron chi connectivity index (χ2n) is 1.20. The third kappa shape index (κ3) is 6.46. The number of hydrogen-bond acceptors (Lipinski definition) is 3. The first-order chi connectivity index (χ1) is 3.42. The van der Waals surface area contributed by atoms with Gasteiger partial charge in [-0.3, -0.25) is 4.52 Å². The van der Waals surface area contributed by atoms with Gasteiger partial charge in [0.15, 0.2) is 0 Å². The van der Waals surface area contributed by atoms with E-state index in [2.05, 4.69) is 17.2 Å². The molecule has 0 spiro atoms. The van der Waals surface area contributed by atoms with Gasteiger partial charge in [0.05, 0.1) is 0 Å². The number of rotatable bonds is 2. The van der Waals surface area contributed by atoms with E-state index in [1.807, 2.05) is 0 Å². The van der Waals surface area contributed by atoms with Crippen molar-refractivity contribution in [2.75, 3.05) is 0 Å². The molecule has 0 aliphatic carbocycles. The molecule has 0 aliphatic rings. The molecule has 4 nitrogen and oxygen atoms in total. The summed E-state index contributed by atoms with van der Waals surface area (Å²) < 4.78 is 13.8. The SMILES string of the molecule is CC(S)OP(=O)(O)O. The highest BCUT2D eigenvalue weighted by atomic mass is 32.1. The van der Waals surface area contributed by atoms with Crippen LogP contribution in [0.15, 0.2) is 0 Å². The molecule has 0 rings (SSSR count). The summed E-state index contributed by atoms with van der Waals surface area (Å²) in [4.78, 5) is 16.1. The minimum atomic E-state index is -4.30. The highest BCUT2D eigenvalue weighted by molar-refractivity contribution is 7.81. The van der Waals surface area contributed by atoms with Gasteiger partial charge in [0.1, 0.15) is 5.44 Å². The highest BCUT2D eigenvalue weighted by Gasteiger charge is 2.15. The maximum Gasteiger partial charge on any atom is 0.470 e. The van der Waals surface area contributed by atoms with E-state index in [0.717, 1.165) is 0 Å². The standard InChI is InChI=1S/C2H7O4PS/c1-2(8)6-7(3,4)5/h2,8H,1H3,(H2,3,4,5). The monoisotopic (exact) mass is 158 g/mol. The molecule has 0 amide bonds. The second kappa shape index (κ2) is 2.85. The number of phosphoric acid groups is 1. The van der Waals surface area contributed by atoms with Crippen molar-refractivity contribution >= 4 is 20.5 Å². The molecule has 2 N–H and O–H groups in total. The summed E-state index contributed by atoms with van der Waals surface area (Å²) in [5.74, 6) is 0. The number of phosphoric ester groups is 1. The van der Waals surface area contributed by atoms with Crippen LogP contribution in [0.25, 0.3) is 0 Å². The summed E-state index contributed by atoms with van der Waals surface area (Å²) in [5.41, 5.74) is -0.726. The zero-order chi connectivity index (χ0) is 6.78. The maximum absolute atomic E-state index is 9.86. The molecule has 50 valence electrons. The van der Waals surface area contributed by atoms with Crippen molar-refractivity contribution in [3.8, 4) is 0 Å². The van der Waals surface area contributed by atoms with Crippen molar-refractivity contribution in [1.82, 2.24) is 0 Å². The van der Waals surface area contributed by atoms with E-state index in [-0.39, 0.29) is 0 Å². The Balaban J connectivity index is 3.56. The lowest BCUT2D eigenvalue weighted by Crippen LogP contribution is -1.95. The Bertz CT molecular complexity index is 107. The third-order valence-corrected chi connectivity index (χ3v) is 1.15. The van der Waals surface area contributed by atoms with Crippen molar-refractivity contribution in [3.63, 3.8) is 0 Å². The minimum absolute atomic E-state index is 0.726. The van der Waals surface area contributed by atoms with Gasteiger partial charge in [-0.1, -0.05) is 0 Å². The normalized spacial score (nSPS) is 16.0. The topological polar surface area (TPSA) is 66.8 Å². The fraction of sp³-hybridized carbons (Fsp3) is 1.00. The molecule has 0 aliphatic heterocycles. The van der Waals surface area contributed by atoms with Crippen molar-refractivity contribution in [3.05, 3.63) is 0 Å². The van der Waals surface area contributed by atoms with E-state index in [1.165, 1.54) is 6.92 Å². The summed E-state index contributed by atoms with van der Waals surface area (Å²) in [7, 11) is -4.30. The lowest BCUT2D eigenvalue weighted by molar-refractivity contribution is 0.192. The molecule has 1 atom stereocenters. The summed E-state index contributed by atoms with van der Waals surface area (Å²) in [6.07, 6.45) is 0. The Morgan fingerprint density at radius 2 is 2.12 bits per heavy atom. The van der Waals surface area contributed by atoms with Crippen LogP contribution < -0.4 is 0 Å². The maximum atomic E-state index is 9.86. The minimum Gasteiger partial charge on any atom is -0.303 e. The molecule has 0 aromatic heterocycles. The van der Waals surface area contributed by atoms with Crippen LogP contribution in [0.3, 0.4) is 0 Å². The van der Waals surface area contributed by atoms with Crippen LogP contribution in [-0.4, -0.2) is 15.2 Å². The fourth-order valence-electron chi connectivity index (χ4n) is 0.199. The van der Waals surface area contributed by atoms with Gasteiger partial charge < -0.3 is 9.79 Å². The van der Waals surface area contributed by atoms with Gasteiger partial charge in [0.25, 0.3) is 0 Å². The van der Waals surface area contributed by atoms with Crippen LogP contribution in [0.4, 0.5) is 0 Å². The molecular weight excluding hydrogens is 151 g/mol. The first-order valence-corrected chi connectivity index (χ1v) is 3.88. The van der Waals surface area contributed by atoms with Crippen molar-refractivity contribution < 1.29 is 18.9 Å². The Morgan fingerprint density at radius 3 is 2.12 bits per heavy atom. The van der Waals surface area contributed by atoms with Crippen molar-refractivity contribution in [2.45, 2.75) is 12.4 Å². The van der Waals surface area contributed by atoms with Crippen LogP contribution >= 0.6 is 20.5 Å². The second-order valence-corrected chi connectivity index (χ2v) is 3.11. The molecular formula is C2H7O4PS. The molecule has 0 aromatic carbocycles. The van der Waals surface area contributed by atoms with E-state index in [4.69, 9.17) is 9.79 Å². The quantitative estimate of drug-likeness (QED) is 0.308. The van der Waals surface area contributed by atoms with Crippen LogP contribution in [0.2, 0.25) is 0 Å². The summed E-state index contributed by atoms with van der Waals surface area (Å²) in [6.45, 7) is 1.42. The highest BCUT2D eigenvalue weighted by Crippen LogP contribution is 2.37. The van der Waals surface area contributed by atoms with Crippen molar-refractivity contribution in [2.24, 2.45) is 0 Å². The van der Waals surface area contributed by atoms with Gasteiger partial charge in [-0.25, -0.2) is 4.57 Å². The predicted molar refractivity (Wildman–Crippen MR) is 31.6 cm³/mol. The lowest BCUT2D eigenvalue weighted by atomic mass is 10.9. The third-order valence-electron chi connectivity index (χ3n) is 0.290. The molecule has 0 saturated carbocycles. The molecule has 1 unspecified atom stereocenters. The Kier molecular flexibility index (Phi) is 3.01. The molecule has 8 heavy (non-hydrogen) atoms. The van der Waals surface area contributed by atoms with Gasteiger partial charge in [-0.2, -0.15) is 0 Å². The Labute approximate surface area is 52.5 Å². The number of thiol groups is 1. The van der Waals surface area contributed by atoms with Gasteiger partial charge in [0, 0.05) is 0 Å². The molecule has 0 radical (unpaired) electrons. The first-order valence-electron chi connectivity index (χ1n) is 1.84. The first kappa shape index (κ1) is 8.46. The molecule has 0 saturated heterocycles. The van der Waals surface area contributed by atoms with Gasteiger partial charge in [-0.15, -0.1) is 12.6 Å². The molecule has 0 fully saturated rings. The van der Waals surface area contributed by atoms with Crippen LogP contribution in [-0.2, 0) is 9.09 Å². The van der Waals surface area contributed by atoms with Crippen molar-refractivity contribution in [1.29, 1.82) is 0 Å². The number of hydrogen-bond donors (Lipinski definition) is 3. The van der Waals surface area contributed by atoms with Gasteiger partial charge in [0.2, 0.25) is 0 Å². The van der Waals surface area contributed by atoms with E-state index < -0.39 is 13.3 Å². The van der Waals surface area contributed by atoms with Crippen LogP contribution in [0.5, 0.6) is 0 Å². The van der Waals surface area contributed by atoms with E-state index >= 15 is 0 Å². The predicted octanol–water partition coefficient (Wildman–Crippen LogP) is 0.371. The molecule has 6 heteroatoms. The zero-order valence-electron chi connectivity index (χ0n) is 4.18. The average Bonchev–Trinajstić information content (AvgIpc) is 1.21. The smallest absolute Gasteiger partial charge is 0.303 e. The zero-order valence-corrected chi connectivity index (χ0v) is 5.97. The van der Waals surface area contributed by atoms with Crippen LogP contribution in [0.1, 0.15) is 6.92 Å². The lowest BCUT2D eigenvalue weighted by Gasteiger charge is -2.05. The van der Waals surface area contributed by atoms with Crippen LogP contribution in [0, 0.1) is 0 Å². The van der Waals surface area contributed by atoms with E-state index in [0.29, 0.717) is 0 Å².